The van der Waals surface area contributed by atoms with E-state index in [1.165, 1.54) is 32.1 Å². The van der Waals surface area contributed by atoms with E-state index in [9.17, 15) is 0 Å². The highest BCUT2D eigenvalue weighted by molar-refractivity contribution is 6.36. The lowest BCUT2D eigenvalue weighted by molar-refractivity contribution is 0.463. The van der Waals surface area contributed by atoms with Crippen molar-refractivity contribution in [1.82, 2.24) is 0 Å². The van der Waals surface area contributed by atoms with Crippen LogP contribution in [0.15, 0.2) is 18.2 Å². The quantitative estimate of drug-likeness (QED) is 0.792. The Hall–Kier alpha value is -0.400. The van der Waals surface area contributed by atoms with E-state index in [4.69, 9.17) is 23.2 Å². The SMILES string of the molecule is Clc1ccc(NC2CCCCC2)c(Cl)c1. The van der Waals surface area contributed by atoms with Gasteiger partial charge in [0.15, 0.2) is 0 Å². The number of halogens is 2. The summed E-state index contributed by atoms with van der Waals surface area (Å²) < 4.78 is 0. The second-order valence-electron chi connectivity index (χ2n) is 4.10. The molecule has 0 saturated heterocycles. The molecular formula is C12H15Cl2N. The molecule has 1 aromatic rings. The number of hydrogen-bond acceptors (Lipinski definition) is 1. The van der Waals surface area contributed by atoms with Crippen LogP contribution < -0.4 is 5.32 Å². The molecule has 1 N–H and O–H groups in total. The van der Waals surface area contributed by atoms with Crippen molar-refractivity contribution in [3.8, 4) is 0 Å². The molecule has 0 unspecified atom stereocenters. The average Bonchev–Trinajstić information content (AvgIpc) is 2.24. The molecule has 3 heteroatoms. The summed E-state index contributed by atoms with van der Waals surface area (Å²) in [7, 11) is 0. The van der Waals surface area contributed by atoms with Gasteiger partial charge in [-0.15, -0.1) is 0 Å². The zero-order chi connectivity index (χ0) is 10.7. The van der Waals surface area contributed by atoms with Crippen LogP contribution in [0, 0.1) is 0 Å². The van der Waals surface area contributed by atoms with Crippen molar-refractivity contribution in [2.45, 2.75) is 38.1 Å². The van der Waals surface area contributed by atoms with Crippen molar-refractivity contribution in [3.05, 3.63) is 28.2 Å². The maximum Gasteiger partial charge on any atom is 0.0652 e. The molecule has 1 aliphatic carbocycles. The van der Waals surface area contributed by atoms with Crippen LogP contribution in [0.25, 0.3) is 0 Å². The van der Waals surface area contributed by atoms with Gasteiger partial charge in [0.2, 0.25) is 0 Å². The zero-order valence-electron chi connectivity index (χ0n) is 8.60. The molecule has 0 radical (unpaired) electrons. The summed E-state index contributed by atoms with van der Waals surface area (Å²) in [6.45, 7) is 0. The largest absolute Gasteiger partial charge is 0.381 e. The monoisotopic (exact) mass is 243 g/mol. The molecule has 1 nitrogen and oxygen atoms in total. The number of anilines is 1. The molecular weight excluding hydrogens is 229 g/mol. The lowest BCUT2D eigenvalue weighted by atomic mass is 9.95. The molecule has 0 bridgehead atoms. The van der Waals surface area contributed by atoms with Crippen molar-refractivity contribution in [1.29, 1.82) is 0 Å². The first-order valence-corrected chi connectivity index (χ1v) is 6.23. The minimum atomic E-state index is 0.581. The fourth-order valence-corrected chi connectivity index (χ4v) is 2.54. The predicted molar refractivity (Wildman–Crippen MR) is 67.0 cm³/mol. The van der Waals surface area contributed by atoms with Crippen LogP contribution >= 0.6 is 23.2 Å². The van der Waals surface area contributed by atoms with Crippen LogP contribution in [0.4, 0.5) is 5.69 Å². The number of hydrogen-bond donors (Lipinski definition) is 1. The minimum absolute atomic E-state index is 0.581. The summed E-state index contributed by atoms with van der Waals surface area (Å²) in [5.74, 6) is 0. The lowest BCUT2D eigenvalue weighted by Gasteiger charge is -2.24. The van der Waals surface area contributed by atoms with Gasteiger partial charge in [0.05, 0.1) is 10.7 Å². The van der Waals surface area contributed by atoms with Gasteiger partial charge >= 0.3 is 0 Å². The highest BCUT2D eigenvalue weighted by Gasteiger charge is 2.13. The standard InChI is InChI=1S/C12H15Cl2N/c13-9-6-7-12(11(14)8-9)15-10-4-2-1-3-5-10/h6-8,10,15H,1-5H2. The van der Waals surface area contributed by atoms with E-state index in [2.05, 4.69) is 5.32 Å². The van der Waals surface area contributed by atoms with E-state index >= 15 is 0 Å². The predicted octanol–water partition coefficient (Wildman–Crippen LogP) is 4.74. The molecule has 0 aliphatic heterocycles. The summed E-state index contributed by atoms with van der Waals surface area (Å²) in [5, 5.41) is 4.89. The van der Waals surface area contributed by atoms with E-state index in [0.717, 1.165) is 5.69 Å². The van der Waals surface area contributed by atoms with Crippen LogP contribution in [-0.4, -0.2) is 6.04 Å². The van der Waals surface area contributed by atoms with Gasteiger partial charge < -0.3 is 5.32 Å². The number of benzene rings is 1. The maximum absolute atomic E-state index is 6.10. The van der Waals surface area contributed by atoms with Gasteiger partial charge in [0.1, 0.15) is 0 Å². The van der Waals surface area contributed by atoms with Crippen molar-refractivity contribution in [2.24, 2.45) is 0 Å². The van der Waals surface area contributed by atoms with Gasteiger partial charge in [-0.05, 0) is 31.0 Å². The van der Waals surface area contributed by atoms with Gasteiger partial charge in [-0.25, -0.2) is 0 Å². The van der Waals surface area contributed by atoms with Crippen LogP contribution in [0.3, 0.4) is 0 Å². The second kappa shape index (κ2) is 5.09. The van der Waals surface area contributed by atoms with E-state index in [0.29, 0.717) is 16.1 Å². The average molecular weight is 244 g/mol. The molecule has 2 rings (SSSR count). The van der Waals surface area contributed by atoms with Gasteiger partial charge in [-0.3, -0.25) is 0 Å². The smallest absolute Gasteiger partial charge is 0.0652 e. The normalized spacial score (nSPS) is 17.7. The molecule has 1 saturated carbocycles. The summed E-state index contributed by atoms with van der Waals surface area (Å²) in [6.07, 6.45) is 6.51. The molecule has 0 heterocycles. The molecule has 1 fully saturated rings. The number of nitrogens with one attached hydrogen (secondary N) is 1. The Bertz CT molecular complexity index is 332. The van der Waals surface area contributed by atoms with Crippen LogP contribution in [0.1, 0.15) is 32.1 Å². The van der Waals surface area contributed by atoms with E-state index in [1.807, 2.05) is 12.1 Å². The third kappa shape index (κ3) is 3.02. The Kier molecular flexibility index (Phi) is 3.76. The van der Waals surface area contributed by atoms with Crippen LogP contribution in [-0.2, 0) is 0 Å². The summed E-state index contributed by atoms with van der Waals surface area (Å²) in [4.78, 5) is 0. The molecule has 0 amide bonds. The Balaban J connectivity index is 2.03. The van der Waals surface area contributed by atoms with Crippen LogP contribution in [0.5, 0.6) is 0 Å². The summed E-state index contributed by atoms with van der Waals surface area (Å²) in [5.41, 5.74) is 1.01. The first-order chi connectivity index (χ1) is 7.25. The van der Waals surface area contributed by atoms with E-state index in [-0.39, 0.29) is 0 Å². The summed E-state index contributed by atoms with van der Waals surface area (Å²) >= 11 is 11.9. The van der Waals surface area contributed by atoms with Crippen molar-refractivity contribution in [3.63, 3.8) is 0 Å². The molecule has 0 atom stereocenters. The highest BCUT2D eigenvalue weighted by Crippen LogP contribution is 2.28. The third-order valence-electron chi connectivity index (χ3n) is 2.90. The summed E-state index contributed by atoms with van der Waals surface area (Å²) in [6, 6.07) is 6.20. The number of rotatable bonds is 2. The van der Waals surface area contributed by atoms with E-state index in [1.54, 1.807) is 6.07 Å². The molecule has 15 heavy (non-hydrogen) atoms. The minimum Gasteiger partial charge on any atom is -0.381 e. The second-order valence-corrected chi connectivity index (χ2v) is 4.95. The molecule has 0 spiro atoms. The third-order valence-corrected chi connectivity index (χ3v) is 3.44. The van der Waals surface area contributed by atoms with Crippen LogP contribution in [0.2, 0.25) is 10.0 Å². The highest BCUT2D eigenvalue weighted by atomic mass is 35.5. The van der Waals surface area contributed by atoms with Gasteiger partial charge in [-0.2, -0.15) is 0 Å². The Morgan fingerprint density at radius 2 is 1.80 bits per heavy atom. The molecule has 1 aliphatic rings. The van der Waals surface area contributed by atoms with Gasteiger partial charge in [-0.1, -0.05) is 42.5 Å². The topological polar surface area (TPSA) is 12.0 Å². The molecule has 82 valence electrons. The first-order valence-electron chi connectivity index (χ1n) is 5.47. The Labute approximate surface area is 101 Å². The van der Waals surface area contributed by atoms with Gasteiger partial charge in [0, 0.05) is 11.1 Å². The maximum atomic E-state index is 6.10. The first kappa shape index (κ1) is 11.1. The molecule has 0 aromatic heterocycles. The van der Waals surface area contributed by atoms with Crippen molar-refractivity contribution < 1.29 is 0 Å². The van der Waals surface area contributed by atoms with Crippen molar-refractivity contribution in [2.75, 3.05) is 5.32 Å². The van der Waals surface area contributed by atoms with Gasteiger partial charge in [0.25, 0.3) is 0 Å². The molecule has 1 aromatic carbocycles. The fraction of sp³-hybridized carbons (Fsp3) is 0.500. The Morgan fingerprint density at radius 1 is 1.07 bits per heavy atom. The zero-order valence-corrected chi connectivity index (χ0v) is 10.1. The van der Waals surface area contributed by atoms with E-state index < -0.39 is 0 Å². The van der Waals surface area contributed by atoms with Crippen molar-refractivity contribution >= 4 is 28.9 Å². The fourth-order valence-electron chi connectivity index (χ4n) is 2.07. The lowest BCUT2D eigenvalue weighted by Crippen LogP contribution is -2.22. The Morgan fingerprint density at radius 3 is 2.47 bits per heavy atom.